The van der Waals surface area contributed by atoms with Crippen molar-refractivity contribution in [2.24, 2.45) is 0 Å². The summed E-state index contributed by atoms with van der Waals surface area (Å²) in [5, 5.41) is 16.3. The summed E-state index contributed by atoms with van der Waals surface area (Å²) >= 11 is 0. The van der Waals surface area contributed by atoms with Crippen molar-refractivity contribution in [1.82, 2.24) is 10.2 Å². The van der Waals surface area contributed by atoms with Crippen molar-refractivity contribution in [1.29, 1.82) is 0 Å². The second-order valence-electron chi connectivity index (χ2n) is 6.65. The summed E-state index contributed by atoms with van der Waals surface area (Å²) in [5.41, 5.74) is 0.00916. The Labute approximate surface area is 187 Å². The van der Waals surface area contributed by atoms with Crippen LogP contribution in [0.25, 0.3) is 6.08 Å². The number of carbonyl (C=O) groups excluding carboxylic acids is 3. The first-order chi connectivity index (χ1) is 15.8. The van der Waals surface area contributed by atoms with Crippen molar-refractivity contribution in [3.8, 4) is 17.2 Å². The third-order valence-corrected chi connectivity index (χ3v) is 4.67. The van der Waals surface area contributed by atoms with Gasteiger partial charge in [0.15, 0.2) is 0 Å². The van der Waals surface area contributed by atoms with E-state index in [4.69, 9.17) is 14.2 Å². The van der Waals surface area contributed by atoms with E-state index in [1.165, 1.54) is 33.5 Å². The molecular formula is C21H20N4O8. The molecule has 2 aromatic carbocycles. The molecule has 0 saturated carbocycles. The van der Waals surface area contributed by atoms with E-state index in [9.17, 15) is 24.5 Å². The number of nitrogens with zero attached hydrogens (tertiary/aromatic N) is 2. The van der Waals surface area contributed by atoms with E-state index in [-0.39, 0.29) is 28.4 Å². The number of amides is 4. The van der Waals surface area contributed by atoms with E-state index in [0.717, 1.165) is 6.07 Å². The fraction of sp³-hybridized carbons (Fsp3) is 0.190. The number of nitro groups is 1. The molecule has 12 nitrogen and oxygen atoms in total. The van der Waals surface area contributed by atoms with E-state index >= 15 is 0 Å². The molecule has 0 aliphatic carbocycles. The molecule has 0 aromatic heterocycles. The van der Waals surface area contributed by atoms with Crippen LogP contribution in [0.4, 0.5) is 16.2 Å². The Balaban J connectivity index is 1.83. The van der Waals surface area contributed by atoms with Crippen LogP contribution in [0.2, 0.25) is 0 Å². The Morgan fingerprint density at radius 2 is 1.76 bits per heavy atom. The lowest BCUT2D eigenvalue weighted by Crippen LogP contribution is -2.38. The number of benzene rings is 2. The summed E-state index contributed by atoms with van der Waals surface area (Å²) in [5.74, 6) is -0.843. The van der Waals surface area contributed by atoms with Crippen molar-refractivity contribution in [2.45, 2.75) is 0 Å². The first-order valence-electron chi connectivity index (χ1n) is 9.46. The van der Waals surface area contributed by atoms with Gasteiger partial charge in [0.2, 0.25) is 11.7 Å². The third kappa shape index (κ3) is 4.84. The zero-order valence-electron chi connectivity index (χ0n) is 17.9. The van der Waals surface area contributed by atoms with Gasteiger partial charge < -0.3 is 24.8 Å². The topological polar surface area (TPSA) is 149 Å². The normalized spacial score (nSPS) is 14.2. The van der Waals surface area contributed by atoms with E-state index in [1.807, 2.05) is 0 Å². The van der Waals surface area contributed by atoms with Gasteiger partial charge in [-0.2, -0.15) is 0 Å². The molecule has 1 aliphatic heterocycles. The van der Waals surface area contributed by atoms with Crippen LogP contribution < -0.4 is 24.8 Å². The lowest BCUT2D eigenvalue weighted by Gasteiger charge is -2.13. The van der Waals surface area contributed by atoms with Crippen molar-refractivity contribution in [2.75, 3.05) is 33.2 Å². The van der Waals surface area contributed by atoms with Gasteiger partial charge in [-0.05, 0) is 18.2 Å². The fourth-order valence-corrected chi connectivity index (χ4v) is 3.11. The molecule has 172 valence electrons. The van der Waals surface area contributed by atoms with Gasteiger partial charge in [0, 0.05) is 17.7 Å². The molecule has 0 atom stereocenters. The summed E-state index contributed by atoms with van der Waals surface area (Å²) in [6.45, 7) is -0.556. The van der Waals surface area contributed by atoms with Crippen LogP contribution in [0.15, 0.2) is 42.1 Å². The Bertz CT molecular complexity index is 1160. The van der Waals surface area contributed by atoms with Gasteiger partial charge in [-0.15, -0.1) is 0 Å². The number of carbonyl (C=O) groups is 3. The second-order valence-corrected chi connectivity index (χ2v) is 6.65. The maximum atomic E-state index is 12.7. The highest BCUT2D eigenvalue weighted by molar-refractivity contribution is 6.16. The predicted octanol–water partition coefficient (Wildman–Crippen LogP) is 2.15. The number of methoxy groups -OCH3 is 3. The van der Waals surface area contributed by atoms with Gasteiger partial charge in [-0.1, -0.05) is 12.1 Å². The highest BCUT2D eigenvalue weighted by atomic mass is 16.6. The number of rotatable bonds is 8. The summed E-state index contributed by atoms with van der Waals surface area (Å²) in [6, 6.07) is 8.30. The number of nitrogens with one attached hydrogen (secondary N) is 2. The highest BCUT2D eigenvalue weighted by Crippen LogP contribution is 2.35. The maximum Gasteiger partial charge on any atom is 0.329 e. The average Bonchev–Trinajstić information content (AvgIpc) is 3.06. The summed E-state index contributed by atoms with van der Waals surface area (Å²) < 4.78 is 15.4. The number of urea groups is 1. The minimum Gasteiger partial charge on any atom is -0.496 e. The zero-order valence-corrected chi connectivity index (χ0v) is 17.9. The van der Waals surface area contributed by atoms with Gasteiger partial charge in [0.1, 0.15) is 23.7 Å². The van der Waals surface area contributed by atoms with Crippen LogP contribution in [0.1, 0.15) is 5.56 Å². The van der Waals surface area contributed by atoms with Crippen molar-refractivity contribution >= 4 is 35.3 Å². The number of ether oxygens (including phenoxy) is 3. The Morgan fingerprint density at radius 1 is 1.09 bits per heavy atom. The first-order valence-corrected chi connectivity index (χ1v) is 9.46. The molecular weight excluding hydrogens is 436 g/mol. The highest BCUT2D eigenvalue weighted by Gasteiger charge is 2.35. The quantitative estimate of drug-likeness (QED) is 0.266. The predicted molar refractivity (Wildman–Crippen MR) is 116 cm³/mol. The molecule has 33 heavy (non-hydrogen) atoms. The molecule has 12 heteroatoms. The fourth-order valence-electron chi connectivity index (χ4n) is 3.11. The van der Waals surface area contributed by atoms with Gasteiger partial charge >= 0.3 is 11.7 Å². The lowest BCUT2D eigenvalue weighted by atomic mass is 10.1. The lowest BCUT2D eigenvalue weighted by molar-refractivity contribution is -0.385. The average molecular weight is 456 g/mol. The van der Waals surface area contributed by atoms with Gasteiger partial charge in [-0.3, -0.25) is 19.7 Å². The van der Waals surface area contributed by atoms with E-state index < -0.39 is 29.3 Å². The monoisotopic (exact) mass is 456 g/mol. The zero-order chi connectivity index (χ0) is 24.1. The smallest absolute Gasteiger partial charge is 0.329 e. The standard InChI is InChI=1S/C21H20N4O8/c1-31-16-7-5-4-6-13(16)22-19(26)11-24-20(27)14(23-21(24)28)8-12-9-15(25(29)30)18(33-3)10-17(12)32-2/h4-10H,11H2,1-3H3,(H,22,26)(H,23,28)/b14-8+. The van der Waals surface area contributed by atoms with Crippen LogP contribution in [0.3, 0.4) is 0 Å². The van der Waals surface area contributed by atoms with Crippen LogP contribution in [0.5, 0.6) is 17.2 Å². The third-order valence-electron chi connectivity index (χ3n) is 4.67. The molecule has 0 bridgehead atoms. The SMILES string of the molecule is COc1cc(OC)c([N+](=O)[O-])cc1/C=C1/NC(=O)N(CC(=O)Nc2ccccc2OC)C1=O. The van der Waals surface area contributed by atoms with Crippen LogP contribution in [-0.2, 0) is 9.59 Å². The summed E-state index contributed by atoms with van der Waals surface area (Å²) in [6.07, 6.45) is 1.23. The molecule has 1 saturated heterocycles. The molecule has 1 aliphatic rings. The Hall–Kier alpha value is -4.61. The minimum absolute atomic E-state index is 0.0320. The maximum absolute atomic E-state index is 12.7. The molecule has 4 amide bonds. The largest absolute Gasteiger partial charge is 0.496 e. The Kier molecular flexibility index (Phi) is 6.77. The van der Waals surface area contributed by atoms with Gasteiger partial charge in [0.05, 0.1) is 31.9 Å². The molecule has 0 radical (unpaired) electrons. The van der Waals surface area contributed by atoms with E-state index in [1.54, 1.807) is 24.3 Å². The van der Waals surface area contributed by atoms with Gasteiger partial charge in [-0.25, -0.2) is 9.69 Å². The summed E-state index contributed by atoms with van der Waals surface area (Å²) in [7, 11) is 4.05. The van der Waals surface area contributed by atoms with Crippen molar-refractivity contribution in [3.63, 3.8) is 0 Å². The number of hydrogen-bond donors (Lipinski definition) is 2. The number of para-hydroxylation sites is 2. The molecule has 1 heterocycles. The first kappa shape index (κ1) is 23.1. The van der Waals surface area contributed by atoms with Crippen LogP contribution in [0, 0.1) is 10.1 Å². The number of hydrogen-bond acceptors (Lipinski definition) is 8. The molecule has 1 fully saturated rings. The number of nitro benzene ring substituents is 1. The van der Waals surface area contributed by atoms with Crippen molar-refractivity contribution in [3.05, 3.63) is 57.8 Å². The minimum atomic E-state index is -0.816. The molecule has 2 N–H and O–H groups in total. The molecule has 2 aromatic rings. The van der Waals surface area contributed by atoms with Gasteiger partial charge in [0.25, 0.3) is 5.91 Å². The van der Waals surface area contributed by atoms with E-state index in [0.29, 0.717) is 16.3 Å². The van der Waals surface area contributed by atoms with Crippen molar-refractivity contribution < 1.29 is 33.5 Å². The second kappa shape index (κ2) is 9.68. The van der Waals surface area contributed by atoms with Crippen LogP contribution >= 0.6 is 0 Å². The molecule has 0 unspecified atom stereocenters. The number of imide groups is 1. The van der Waals surface area contributed by atoms with E-state index in [2.05, 4.69) is 10.6 Å². The number of anilines is 1. The Morgan fingerprint density at radius 3 is 2.39 bits per heavy atom. The van der Waals surface area contributed by atoms with Crippen LogP contribution in [-0.4, -0.2) is 55.5 Å². The molecule has 3 rings (SSSR count). The molecule has 0 spiro atoms. The summed E-state index contributed by atoms with van der Waals surface area (Å²) in [4.78, 5) is 48.9.